The van der Waals surface area contributed by atoms with Crippen LogP contribution < -0.4 is 0 Å². The van der Waals surface area contributed by atoms with Crippen LogP contribution in [0.4, 0.5) is 0 Å². The maximum Gasteiger partial charge on any atom is 0.143 e. The summed E-state index contributed by atoms with van der Waals surface area (Å²) in [5, 5.41) is 9.39. The van der Waals surface area contributed by atoms with Crippen molar-refractivity contribution in [3.05, 3.63) is 187 Å². The third-order valence-electron chi connectivity index (χ3n) is 11.1. The fourth-order valence-corrected chi connectivity index (χ4v) is 8.80. The molecule has 0 N–H and O–H groups in total. The molecule has 0 radical (unpaired) electrons. The number of allylic oxidation sites excluding steroid dienone is 2. The first-order valence-electron chi connectivity index (χ1n) is 18.5. The van der Waals surface area contributed by atoms with E-state index in [2.05, 4.69) is 166 Å². The number of para-hydroxylation sites is 1. The van der Waals surface area contributed by atoms with E-state index in [9.17, 15) is 0 Å². The molecule has 10 aromatic rings. The number of hydrogen-bond acceptors (Lipinski definition) is 2. The number of rotatable bonds is 6. The van der Waals surface area contributed by atoms with Crippen molar-refractivity contribution in [2.24, 2.45) is 0 Å². The molecule has 0 fully saturated rings. The van der Waals surface area contributed by atoms with E-state index in [1.807, 2.05) is 24.7 Å². The quantitative estimate of drug-likeness (QED) is 0.128. The zero-order valence-corrected chi connectivity index (χ0v) is 30.2. The molecule has 0 saturated heterocycles. The van der Waals surface area contributed by atoms with E-state index in [0.717, 1.165) is 44.2 Å². The van der Waals surface area contributed by atoms with Gasteiger partial charge < -0.3 is 8.83 Å². The third-order valence-corrected chi connectivity index (χ3v) is 11.1. The normalized spacial score (nSPS) is 11.9. The SMILES string of the molecule is C=C/C=C\c1c(C)c(-c2cccc3c2oc2cccc(-c4c5ccccc5c(-c5cocc5C)c5ccccc45)c23)c2ccccc2c1-c1ccccc1. The van der Waals surface area contributed by atoms with Gasteiger partial charge in [-0.1, -0.05) is 158 Å². The van der Waals surface area contributed by atoms with Crippen LogP contribution in [0.3, 0.4) is 0 Å². The molecule has 0 amide bonds. The highest BCUT2D eigenvalue weighted by atomic mass is 16.3. The first-order chi connectivity index (χ1) is 26.6. The molecule has 0 saturated carbocycles. The lowest BCUT2D eigenvalue weighted by Crippen LogP contribution is -1.96. The fraction of sp³-hybridized carbons (Fsp3) is 0.0385. The molecule has 54 heavy (non-hydrogen) atoms. The summed E-state index contributed by atoms with van der Waals surface area (Å²) in [5.74, 6) is 0. The Labute approximate surface area is 313 Å². The van der Waals surface area contributed by atoms with Crippen LogP contribution in [0.25, 0.3) is 105 Å². The standard InChI is InChI=1S/C52H36O2/c1-4-5-19-35-33(3)47(36-20-9-10-21-37(36)48(35)34-17-7-6-8-18-34)43-27-15-28-44-51-42(26-16-29-46(51)54-52(43)44)49-38-22-11-13-24-40(38)50(45-31-53-30-32(45)2)41-25-14-12-23-39(41)49/h4-31H,1H2,2-3H3/b19-5-. The van der Waals surface area contributed by atoms with Crippen molar-refractivity contribution in [3.8, 4) is 44.5 Å². The van der Waals surface area contributed by atoms with Crippen molar-refractivity contribution in [1.82, 2.24) is 0 Å². The highest BCUT2D eigenvalue weighted by molar-refractivity contribution is 6.26. The fourth-order valence-electron chi connectivity index (χ4n) is 8.80. The molecule has 0 aliphatic rings. The largest absolute Gasteiger partial charge is 0.472 e. The Morgan fingerprint density at radius 3 is 1.63 bits per heavy atom. The van der Waals surface area contributed by atoms with Gasteiger partial charge in [0.2, 0.25) is 0 Å². The van der Waals surface area contributed by atoms with Crippen LogP contribution in [-0.4, -0.2) is 0 Å². The average molecular weight is 693 g/mol. The van der Waals surface area contributed by atoms with E-state index in [1.54, 1.807) is 0 Å². The first-order valence-corrected chi connectivity index (χ1v) is 18.5. The van der Waals surface area contributed by atoms with Gasteiger partial charge in [-0.3, -0.25) is 0 Å². The topological polar surface area (TPSA) is 26.3 Å². The number of furan rings is 2. The molecule has 0 unspecified atom stereocenters. The molecule has 2 nitrogen and oxygen atoms in total. The number of hydrogen-bond donors (Lipinski definition) is 0. The van der Waals surface area contributed by atoms with E-state index in [4.69, 9.17) is 8.83 Å². The molecule has 0 aliphatic carbocycles. The molecule has 2 heterocycles. The number of benzene rings is 8. The summed E-state index contributed by atoms with van der Waals surface area (Å²) >= 11 is 0. The van der Waals surface area contributed by atoms with E-state index in [-0.39, 0.29) is 0 Å². The van der Waals surface area contributed by atoms with Crippen molar-refractivity contribution < 1.29 is 8.83 Å². The van der Waals surface area contributed by atoms with Crippen LogP contribution >= 0.6 is 0 Å². The van der Waals surface area contributed by atoms with Gasteiger partial charge in [0.1, 0.15) is 11.2 Å². The van der Waals surface area contributed by atoms with Gasteiger partial charge in [-0.15, -0.1) is 0 Å². The van der Waals surface area contributed by atoms with E-state index in [1.165, 1.54) is 71.3 Å². The maximum atomic E-state index is 7.02. The van der Waals surface area contributed by atoms with Gasteiger partial charge in [0.15, 0.2) is 0 Å². The molecule has 10 rings (SSSR count). The van der Waals surface area contributed by atoms with Crippen LogP contribution in [0.5, 0.6) is 0 Å². The second-order valence-electron chi connectivity index (χ2n) is 14.1. The first kappa shape index (κ1) is 31.8. The molecular formula is C52H36O2. The van der Waals surface area contributed by atoms with E-state index < -0.39 is 0 Å². The predicted octanol–water partition coefficient (Wildman–Crippen LogP) is 15.1. The third kappa shape index (κ3) is 4.74. The van der Waals surface area contributed by atoms with Crippen molar-refractivity contribution in [2.75, 3.05) is 0 Å². The summed E-state index contributed by atoms with van der Waals surface area (Å²) < 4.78 is 12.7. The van der Waals surface area contributed by atoms with E-state index in [0.29, 0.717) is 0 Å². The Kier molecular flexibility index (Phi) is 7.45. The average Bonchev–Trinajstić information content (AvgIpc) is 3.82. The molecule has 2 aromatic heterocycles. The minimum atomic E-state index is 0.868. The van der Waals surface area contributed by atoms with Crippen molar-refractivity contribution in [1.29, 1.82) is 0 Å². The minimum absolute atomic E-state index is 0.868. The Morgan fingerprint density at radius 2 is 1.02 bits per heavy atom. The van der Waals surface area contributed by atoms with Gasteiger partial charge in [0, 0.05) is 27.5 Å². The van der Waals surface area contributed by atoms with Crippen LogP contribution in [0, 0.1) is 13.8 Å². The highest BCUT2D eigenvalue weighted by Crippen LogP contribution is 2.50. The molecule has 0 aliphatic heterocycles. The lowest BCUT2D eigenvalue weighted by atomic mass is 9.83. The lowest BCUT2D eigenvalue weighted by Gasteiger charge is -2.20. The molecule has 2 heteroatoms. The summed E-state index contributed by atoms with van der Waals surface area (Å²) in [6, 6.07) is 50.1. The summed E-state index contributed by atoms with van der Waals surface area (Å²) in [6.45, 7) is 8.36. The molecular weight excluding hydrogens is 657 g/mol. The summed E-state index contributed by atoms with van der Waals surface area (Å²) in [4.78, 5) is 0. The smallest absolute Gasteiger partial charge is 0.143 e. The second-order valence-corrected chi connectivity index (χ2v) is 14.1. The Morgan fingerprint density at radius 1 is 0.481 bits per heavy atom. The Hall–Kier alpha value is -6.90. The Balaban J connectivity index is 1.30. The maximum absolute atomic E-state index is 7.02. The van der Waals surface area contributed by atoms with Crippen LogP contribution in [0.1, 0.15) is 16.7 Å². The summed E-state index contributed by atoms with van der Waals surface area (Å²) in [6.07, 6.45) is 9.80. The van der Waals surface area contributed by atoms with Gasteiger partial charge in [0.05, 0.1) is 12.5 Å². The number of aryl methyl sites for hydroxylation is 1. The molecule has 256 valence electrons. The lowest BCUT2D eigenvalue weighted by molar-refractivity contribution is 0.566. The van der Waals surface area contributed by atoms with Gasteiger partial charge >= 0.3 is 0 Å². The zero-order valence-electron chi connectivity index (χ0n) is 30.2. The minimum Gasteiger partial charge on any atom is -0.472 e. The van der Waals surface area contributed by atoms with Gasteiger partial charge in [-0.2, -0.15) is 0 Å². The monoisotopic (exact) mass is 692 g/mol. The molecule has 0 atom stereocenters. The molecule has 0 spiro atoms. The van der Waals surface area contributed by atoms with E-state index >= 15 is 0 Å². The molecule has 8 aromatic carbocycles. The zero-order chi connectivity index (χ0) is 36.3. The van der Waals surface area contributed by atoms with Crippen LogP contribution in [0.15, 0.2) is 180 Å². The highest BCUT2D eigenvalue weighted by Gasteiger charge is 2.24. The predicted molar refractivity (Wildman–Crippen MR) is 229 cm³/mol. The summed E-state index contributed by atoms with van der Waals surface area (Å²) in [7, 11) is 0. The van der Waals surface area contributed by atoms with Crippen LogP contribution in [0.2, 0.25) is 0 Å². The van der Waals surface area contributed by atoms with Gasteiger partial charge in [-0.05, 0) is 96.7 Å². The van der Waals surface area contributed by atoms with Crippen molar-refractivity contribution in [2.45, 2.75) is 13.8 Å². The van der Waals surface area contributed by atoms with Gasteiger partial charge in [-0.25, -0.2) is 0 Å². The van der Waals surface area contributed by atoms with Crippen molar-refractivity contribution >= 4 is 60.3 Å². The van der Waals surface area contributed by atoms with Crippen LogP contribution in [-0.2, 0) is 0 Å². The molecule has 0 bridgehead atoms. The Bertz CT molecular complexity index is 3080. The summed E-state index contributed by atoms with van der Waals surface area (Å²) in [5.41, 5.74) is 14.6. The second kappa shape index (κ2) is 12.6. The van der Waals surface area contributed by atoms with Crippen molar-refractivity contribution in [3.63, 3.8) is 0 Å². The van der Waals surface area contributed by atoms with Gasteiger partial charge in [0.25, 0.3) is 0 Å². The number of fused-ring (bicyclic) bond motifs is 6.